The molecule has 2 heteroatoms. The van der Waals surface area contributed by atoms with E-state index < -0.39 is 0 Å². The van der Waals surface area contributed by atoms with E-state index in [1.54, 1.807) is 6.20 Å². The maximum atomic E-state index is 5.69. The van der Waals surface area contributed by atoms with Gasteiger partial charge in [-0.15, -0.1) is 0 Å². The van der Waals surface area contributed by atoms with E-state index in [4.69, 9.17) is 5.73 Å². The van der Waals surface area contributed by atoms with Gasteiger partial charge in [0, 0.05) is 17.6 Å². The summed E-state index contributed by atoms with van der Waals surface area (Å²) in [5.41, 5.74) is 8.76. The van der Waals surface area contributed by atoms with Crippen molar-refractivity contribution in [1.82, 2.24) is 4.98 Å². The molecule has 1 heterocycles. The topological polar surface area (TPSA) is 38.9 Å². The average Bonchev–Trinajstić information content (AvgIpc) is 2.08. The highest BCUT2D eigenvalue weighted by molar-refractivity contribution is 5.47. The molecule has 0 amide bonds. The van der Waals surface area contributed by atoms with Crippen molar-refractivity contribution in [3.8, 4) is 0 Å². The van der Waals surface area contributed by atoms with E-state index in [0.29, 0.717) is 0 Å². The molecule has 0 spiro atoms. The van der Waals surface area contributed by atoms with Crippen molar-refractivity contribution in [2.45, 2.75) is 34.1 Å². The Morgan fingerprint density at radius 3 is 2.33 bits per heavy atom. The molecule has 1 aromatic rings. The SMILES string of the molecule is CC.CCc1c(N)ccnc1C. The van der Waals surface area contributed by atoms with E-state index in [-0.39, 0.29) is 0 Å². The second-order valence-corrected chi connectivity index (χ2v) is 2.32. The molecule has 0 saturated carbocycles. The number of hydrogen-bond donors (Lipinski definition) is 1. The molecule has 68 valence electrons. The van der Waals surface area contributed by atoms with Crippen molar-refractivity contribution >= 4 is 5.69 Å². The maximum absolute atomic E-state index is 5.69. The normalized spacial score (nSPS) is 8.67. The second-order valence-electron chi connectivity index (χ2n) is 2.32. The Balaban J connectivity index is 0.000000561. The summed E-state index contributed by atoms with van der Waals surface area (Å²) in [6.07, 6.45) is 2.70. The van der Waals surface area contributed by atoms with Gasteiger partial charge >= 0.3 is 0 Å². The largest absolute Gasteiger partial charge is 0.398 e. The first-order valence-corrected chi connectivity index (χ1v) is 4.45. The van der Waals surface area contributed by atoms with Crippen LogP contribution in [0, 0.1) is 6.92 Å². The third kappa shape index (κ3) is 2.53. The van der Waals surface area contributed by atoms with E-state index in [2.05, 4.69) is 11.9 Å². The van der Waals surface area contributed by atoms with Crippen LogP contribution in [0.3, 0.4) is 0 Å². The third-order valence-corrected chi connectivity index (χ3v) is 1.66. The number of aryl methyl sites for hydroxylation is 1. The van der Waals surface area contributed by atoms with Gasteiger partial charge in [0.05, 0.1) is 0 Å². The second kappa shape index (κ2) is 5.58. The van der Waals surface area contributed by atoms with Crippen LogP contribution in [0.1, 0.15) is 32.0 Å². The summed E-state index contributed by atoms with van der Waals surface area (Å²) in [6.45, 7) is 8.07. The molecule has 0 atom stereocenters. The highest BCUT2D eigenvalue weighted by Gasteiger charge is 1.98. The number of rotatable bonds is 1. The number of nitrogens with zero attached hydrogens (tertiary/aromatic N) is 1. The van der Waals surface area contributed by atoms with E-state index in [0.717, 1.165) is 17.8 Å². The van der Waals surface area contributed by atoms with Gasteiger partial charge in [0.25, 0.3) is 0 Å². The van der Waals surface area contributed by atoms with Gasteiger partial charge in [-0.25, -0.2) is 0 Å². The van der Waals surface area contributed by atoms with E-state index in [1.165, 1.54) is 5.56 Å². The fourth-order valence-corrected chi connectivity index (χ4v) is 1.08. The molecular formula is C10H18N2. The lowest BCUT2D eigenvalue weighted by atomic mass is 10.1. The lowest BCUT2D eigenvalue weighted by Crippen LogP contribution is -1.97. The van der Waals surface area contributed by atoms with Gasteiger partial charge in [0.2, 0.25) is 0 Å². The minimum Gasteiger partial charge on any atom is -0.398 e. The molecule has 0 aliphatic carbocycles. The first-order chi connectivity index (χ1) is 5.75. The Morgan fingerprint density at radius 1 is 1.42 bits per heavy atom. The summed E-state index contributed by atoms with van der Waals surface area (Å²) in [5.74, 6) is 0. The lowest BCUT2D eigenvalue weighted by Gasteiger charge is -2.03. The Bertz CT molecular complexity index is 211. The summed E-state index contributed by atoms with van der Waals surface area (Å²) in [6, 6.07) is 1.84. The van der Waals surface area contributed by atoms with Gasteiger partial charge in [-0.1, -0.05) is 20.8 Å². The van der Waals surface area contributed by atoms with Crippen molar-refractivity contribution in [2.24, 2.45) is 0 Å². The molecule has 0 aliphatic rings. The van der Waals surface area contributed by atoms with Crippen molar-refractivity contribution in [1.29, 1.82) is 0 Å². The minimum absolute atomic E-state index is 0.856. The molecule has 0 aliphatic heterocycles. The molecule has 2 nitrogen and oxygen atoms in total. The molecule has 12 heavy (non-hydrogen) atoms. The Hall–Kier alpha value is -1.05. The van der Waals surface area contributed by atoms with Crippen LogP contribution < -0.4 is 5.73 Å². The van der Waals surface area contributed by atoms with Gasteiger partial charge in [-0.05, 0) is 25.0 Å². The summed E-state index contributed by atoms with van der Waals surface area (Å²) in [7, 11) is 0. The Labute approximate surface area is 74.8 Å². The average molecular weight is 166 g/mol. The minimum atomic E-state index is 0.856. The first kappa shape index (κ1) is 11.0. The fraction of sp³-hybridized carbons (Fsp3) is 0.500. The summed E-state index contributed by atoms with van der Waals surface area (Å²) < 4.78 is 0. The van der Waals surface area contributed by atoms with Crippen molar-refractivity contribution < 1.29 is 0 Å². The highest BCUT2D eigenvalue weighted by atomic mass is 14.7. The number of aromatic nitrogens is 1. The highest BCUT2D eigenvalue weighted by Crippen LogP contribution is 2.13. The first-order valence-electron chi connectivity index (χ1n) is 4.45. The molecule has 0 bridgehead atoms. The number of nitrogens with two attached hydrogens (primary N) is 1. The van der Waals surface area contributed by atoms with Crippen LogP contribution in [0.4, 0.5) is 5.69 Å². The van der Waals surface area contributed by atoms with Gasteiger partial charge in [0.15, 0.2) is 0 Å². The molecule has 2 N–H and O–H groups in total. The monoisotopic (exact) mass is 166 g/mol. The zero-order valence-electron chi connectivity index (χ0n) is 8.39. The van der Waals surface area contributed by atoms with Crippen LogP contribution in [0.5, 0.6) is 0 Å². The third-order valence-electron chi connectivity index (χ3n) is 1.66. The smallest absolute Gasteiger partial charge is 0.0425 e. The summed E-state index contributed by atoms with van der Waals surface area (Å²) >= 11 is 0. The van der Waals surface area contributed by atoms with Crippen molar-refractivity contribution in [2.75, 3.05) is 5.73 Å². The molecule has 0 aromatic carbocycles. The van der Waals surface area contributed by atoms with Crippen molar-refractivity contribution in [3.05, 3.63) is 23.5 Å². The molecule has 0 unspecified atom stereocenters. The van der Waals surface area contributed by atoms with Crippen LogP contribution >= 0.6 is 0 Å². The van der Waals surface area contributed by atoms with Crippen LogP contribution in [-0.2, 0) is 6.42 Å². The van der Waals surface area contributed by atoms with Crippen LogP contribution in [0.15, 0.2) is 12.3 Å². The van der Waals surface area contributed by atoms with E-state index in [1.807, 2.05) is 26.8 Å². The summed E-state index contributed by atoms with van der Waals surface area (Å²) in [5, 5.41) is 0. The van der Waals surface area contributed by atoms with E-state index in [9.17, 15) is 0 Å². The molecule has 0 fully saturated rings. The number of nitrogen functional groups attached to an aromatic ring is 1. The quantitative estimate of drug-likeness (QED) is 0.696. The predicted molar refractivity (Wildman–Crippen MR) is 54.1 cm³/mol. The van der Waals surface area contributed by atoms with Gasteiger partial charge in [-0.3, -0.25) is 4.98 Å². The molecule has 1 rings (SSSR count). The van der Waals surface area contributed by atoms with Gasteiger partial charge in [0.1, 0.15) is 0 Å². The van der Waals surface area contributed by atoms with Crippen LogP contribution in [0.25, 0.3) is 0 Å². The number of hydrogen-bond acceptors (Lipinski definition) is 2. The Kier molecular flexibility index (Phi) is 5.09. The summed E-state index contributed by atoms with van der Waals surface area (Å²) in [4.78, 5) is 4.13. The lowest BCUT2D eigenvalue weighted by molar-refractivity contribution is 1.05. The molecule has 0 saturated heterocycles. The van der Waals surface area contributed by atoms with Crippen molar-refractivity contribution in [3.63, 3.8) is 0 Å². The van der Waals surface area contributed by atoms with Crippen LogP contribution in [0.2, 0.25) is 0 Å². The van der Waals surface area contributed by atoms with Gasteiger partial charge < -0.3 is 5.73 Å². The maximum Gasteiger partial charge on any atom is 0.0425 e. The van der Waals surface area contributed by atoms with Gasteiger partial charge in [-0.2, -0.15) is 0 Å². The van der Waals surface area contributed by atoms with Crippen LogP contribution in [-0.4, -0.2) is 4.98 Å². The predicted octanol–water partition coefficient (Wildman–Crippen LogP) is 2.56. The molecular weight excluding hydrogens is 148 g/mol. The molecule has 0 radical (unpaired) electrons. The van der Waals surface area contributed by atoms with E-state index >= 15 is 0 Å². The molecule has 1 aromatic heterocycles. The zero-order valence-corrected chi connectivity index (χ0v) is 8.39. The fourth-order valence-electron chi connectivity index (χ4n) is 1.08. The number of pyridine rings is 1. The zero-order chi connectivity index (χ0) is 9.56. The number of anilines is 1. The standard InChI is InChI=1S/C8H12N2.C2H6/c1-3-7-6(2)10-5-4-8(7)9;1-2/h4-5H,3H2,1-2H3,(H2,9,10);1-2H3. The Morgan fingerprint density at radius 2 is 2.00 bits per heavy atom.